The van der Waals surface area contributed by atoms with Crippen LogP contribution in [0, 0.1) is 0 Å². The summed E-state index contributed by atoms with van der Waals surface area (Å²) in [6.45, 7) is 2.03. The van der Waals surface area contributed by atoms with Crippen molar-refractivity contribution in [3.05, 3.63) is 84.0 Å². The Balaban J connectivity index is 1.52. The summed E-state index contributed by atoms with van der Waals surface area (Å²) < 4.78 is 0. The molecule has 138 valence electrons. The van der Waals surface area contributed by atoms with Crippen molar-refractivity contribution in [1.82, 2.24) is 0 Å². The maximum absolute atomic E-state index is 11.8. The molecule has 2 aromatic rings. The summed E-state index contributed by atoms with van der Waals surface area (Å²) in [6, 6.07) is 14.5. The Labute approximate surface area is 161 Å². The van der Waals surface area contributed by atoms with Crippen LogP contribution in [0.1, 0.15) is 24.0 Å². The SMILES string of the molecule is CC(c1ccc(N2C(=O)C=CC2=O)cc1)c1ccc(N2C(=O)C=CC2=O)cc1. The summed E-state index contributed by atoms with van der Waals surface area (Å²) in [7, 11) is 0. The average molecular weight is 372 g/mol. The largest absolute Gasteiger partial charge is 0.269 e. The van der Waals surface area contributed by atoms with Crippen molar-refractivity contribution in [1.29, 1.82) is 0 Å². The van der Waals surface area contributed by atoms with E-state index in [-0.39, 0.29) is 29.5 Å². The lowest BCUT2D eigenvalue weighted by Crippen LogP contribution is -2.29. The van der Waals surface area contributed by atoms with Gasteiger partial charge in [-0.15, -0.1) is 0 Å². The van der Waals surface area contributed by atoms with E-state index in [1.807, 2.05) is 31.2 Å². The van der Waals surface area contributed by atoms with E-state index in [0.717, 1.165) is 20.9 Å². The normalized spacial score (nSPS) is 16.2. The number of carbonyl (C=O) groups is 4. The van der Waals surface area contributed by atoms with Gasteiger partial charge < -0.3 is 0 Å². The Morgan fingerprint density at radius 2 is 0.821 bits per heavy atom. The molecule has 0 saturated carbocycles. The van der Waals surface area contributed by atoms with Gasteiger partial charge in [0.05, 0.1) is 11.4 Å². The van der Waals surface area contributed by atoms with Gasteiger partial charge in [0.15, 0.2) is 0 Å². The van der Waals surface area contributed by atoms with Crippen LogP contribution in [0.25, 0.3) is 0 Å². The van der Waals surface area contributed by atoms with Gasteiger partial charge in [0.1, 0.15) is 0 Å². The van der Waals surface area contributed by atoms with Gasteiger partial charge in [-0.05, 0) is 35.4 Å². The van der Waals surface area contributed by atoms with Gasteiger partial charge in [-0.1, -0.05) is 31.2 Å². The second-order valence-electron chi connectivity index (χ2n) is 6.60. The number of hydrogen-bond donors (Lipinski definition) is 0. The van der Waals surface area contributed by atoms with Crippen LogP contribution in [0.15, 0.2) is 72.8 Å². The third kappa shape index (κ3) is 2.95. The first-order valence-corrected chi connectivity index (χ1v) is 8.78. The van der Waals surface area contributed by atoms with Crippen molar-refractivity contribution in [2.45, 2.75) is 12.8 Å². The number of benzene rings is 2. The molecule has 28 heavy (non-hydrogen) atoms. The molecule has 2 heterocycles. The van der Waals surface area contributed by atoms with Crippen LogP contribution in [0.4, 0.5) is 11.4 Å². The fraction of sp³-hybridized carbons (Fsp3) is 0.0909. The Hall–Kier alpha value is -3.80. The molecule has 0 unspecified atom stereocenters. The highest BCUT2D eigenvalue weighted by molar-refractivity contribution is 6.28. The standard InChI is InChI=1S/C22H16N2O4/c1-14(15-2-6-17(7-3-15)23-19(25)10-11-20(23)26)16-4-8-18(9-5-16)24-21(27)12-13-22(24)28/h2-14H,1H3. The summed E-state index contributed by atoms with van der Waals surface area (Å²) in [5.41, 5.74) is 3.09. The molecule has 4 rings (SSSR count). The molecule has 0 aromatic heterocycles. The third-order valence-corrected chi connectivity index (χ3v) is 4.92. The molecule has 2 aliphatic heterocycles. The Morgan fingerprint density at radius 1 is 0.536 bits per heavy atom. The van der Waals surface area contributed by atoms with Gasteiger partial charge in [-0.25, -0.2) is 9.80 Å². The van der Waals surface area contributed by atoms with Crippen LogP contribution in [0.3, 0.4) is 0 Å². The molecule has 0 radical (unpaired) electrons. The topological polar surface area (TPSA) is 74.8 Å². The van der Waals surface area contributed by atoms with E-state index in [4.69, 9.17) is 0 Å². The van der Waals surface area contributed by atoms with Crippen LogP contribution < -0.4 is 9.80 Å². The maximum Gasteiger partial charge on any atom is 0.258 e. The summed E-state index contributed by atoms with van der Waals surface area (Å²) in [6.07, 6.45) is 5.02. The van der Waals surface area contributed by atoms with E-state index in [0.29, 0.717) is 11.4 Å². The van der Waals surface area contributed by atoms with E-state index >= 15 is 0 Å². The highest BCUT2D eigenvalue weighted by Crippen LogP contribution is 2.29. The predicted molar refractivity (Wildman–Crippen MR) is 104 cm³/mol. The molecule has 2 aromatic carbocycles. The first-order valence-electron chi connectivity index (χ1n) is 8.78. The number of hydrogen-bond acceptors (Lipinski definition) is 4. The number of imide groups is 2. The van der Waals surface area contributed by atoms with Crippen molar-refractivity contribution in [3.63, 3.8) is 0 Å². The Morgan fingerprint density at radius 3 is 1.11 bits per heavy atom. The smallest absolute Gasteiger partial charge is 0.258 e. The minimum atomic E-state index is -0.345. The Bertz CT molecular complexity index is 927. The molecule has 6 heteroatoms. The lowest BCUT2D eigenvalue weighted by Gasteiger charge is -2.18. The van der Waals surface area contributed by atoms with Crippen LogP contribution >= 0.6 is 0 Å². The molecule has 0 atom stereocenters. The lowest BCUT2D eigenvalue weighted by atomic mass is 9.93. The molecule has 2 aliphatic rings. The van der Waals surface area contributed by atoms with Gasteiger partial charge in [-0.3, -0.25) is 19.2 Å². The number of nitrogens with zero attached hydrogens (tertiary/aromatic N) is 2. The van der Waals surface area contributed by atoms with Crippen LogP contribution in [-0.2, 0) is 19.2 Å². The van der Waals surface area contributed by atoms with E-state index in [1.165, 1.54) is 24.3 Å². The fourth-order valence-electron chi connectivity index (χ4n) is 3.33. The van der Waals surface area contributed by atoms with Gasteiger partial charge in [0, 0.05) is 30.2 Å². The van der Waals surface area contributed by atoms with E-state index in [2.05, 4.69) is 0 Å². The fourth-order valence-corrected chi connectivity index (χ4v) is 3.33. The minimum absolute atomic E-state index is 0.0503. The van der Waals surface area contributed by atoms with Crippen molar-refractivity contribution >= 4 is 35.0 Å². The summed E-state index contributed by atoms with van der Waals surface area (Å²) in [5, 5.41) is 0. The average Bonchev–Trinajstić information content (AvgIpc) is 3.22. The second kappa shape index (κ2) is 6.74. The number of carbonyl (C=O) groups excluding carboxylic acids is 4. The quantitative estimate of drug-likeness (QED) is 0.774. The number of anilines is 2. The molecule has 0 spiro atoms. The predicted octanol–water partition coefficient (Wildman–Crippen LogP) is 2.70. The summed E-state index contributed by atoms with van der Waals surface area (Å²) >= 11 is 0. The van der Waals surface area contributed by atoms with E-state index in [1.54, 1.807) is 24.3 Å². The summed E-state index contributed by atoms with van der Waals surface area (Å²) in [4.78, 5) is 49.4. The number of amides is 4. The van der Waals surface area contributed by atoms with Crippen molar-refractivity contribution in [3.8, 4) is 0 Å². The highest BCUT2D eigenvalue weighted by Gasteiger charge is 2.26. The molecular formula is C22H16N2O4. The summed E-state index contributed by atoms with van der Waals surface area (Å²) in [5.74, 6) is -1.33. The highest BCUT2D eigenvalue weighted by atomic mass is 16.2. The molecule has 0 fully saturated rings. The molecule has 0 bridgehead atoms. The first kappa shape index (κ1) is 17.6. The van der Waals surface area contributed by atoms with Crippen LogP contribution in [0.5, 0.6) is 0 Å². The zero-order valence-corrected chi connectivity index (χ0v) is 15.0. The van der Waals surface area contributed by atoms with Gasteiger partial charge >= 0.3 is 0 Å². The zero-order valence-electron chi connectivity index (χ0n) is 15.0. The maximum atomic E-state index is 11.8. The molecule has 6 nitrogen and oxygen atoms in total. The first-order chi connectivity index (χ1) is 13.5. The number of rotatable bonds is 4. The van der Waals surface area contributed by atoms with Crippen LogP contribution in [0.2, 0.25) is 0 Å². The van der Waals surface area contributed by atoms with Crippen molar-refractivity contribution in [2.24, 2.45) is 0 Å². The Kier molecular flexibility index (Phi) is 4.24. The minimum Gasteiger partial charge on any atom is -0.269 e. The third-order valence-electron chi connectivity index (χ3n) is 4.92. The van der Waals surface area contributed by atoms with E-state index in [9.17, 15) is 19.2 Å². The molecule has 4 amide bonds. The lowest BCUT2D eigenvalue weighted by molar-refractivity contribution is -0.121. The van der Waals surface area contributed by atoms with Gasteiger partial charge in [-0.2, -0.15) is 0 Å². The van der Waals surface area contributed by atoms with Crippen molar-refractivity contribution in [2.75, 3.05) is 9.80 Å². The van der Waals surface area contributed by atoms with Gasteiger partial charge in [0.25, 0.3) is 23.6 Å². The monoisotopic (exact) mass is 372 g/mol. The van der Waals surface area contributed by atoms with E-state index < -0.39 is 0 Å². The molecular weight excluding hydrogens is 356 g/mol. The van der Waals surface area contributed by atoms with Gasteiger partial charge in [0.2, 0.25) is 0 Å². The molecule has 0 N–H and O–H groups in total. The molecule has 0 aliphatic carbocycles. The van der Waals surface area contributed by atoms with Crippen molar-refractivity contribution < 1.29 is 19.2 Å². The zero-order chi connectivity index (χ0) is 19.8. The second-order valence-corrected chi connectivity index (χ2v) is 6.60. The van der Waals surface area contributed by atoms with Crippen LogP contribution in [-0.4, -0.2) is 23.6 Å². The molecule has 0 saturated heterocycles.